The van der Waals surface area contributed by atoms with Gasteiger partial charge in [0.15, 0.2) is 5.16 Å². The molecule has 0 atom stereocenters. The molecule has 0 fully saturated rings. The first-order valence-electron chi connectivity index (χ1n) is 8.32. The van der Waals surface area contributed by atoms with Gasteiger partial charge in [0.25, 0.3) is 11.5 Å². The van der Waals surface area contributed by atoms with Crippen LogP contribution in [-0.2, 0) is 11.3 Å². The number of rotatable bonds is 6. The SMILES string of the molecule is CCn1c(SCC(=O)N/N=C/c2ccccc2O)nc2ccccc2c1=O. The van der Waals surface area contributed by atoms with E-state index in [9.17, 15) is 14.7 Å². The molecule has 0 radical (unpaired) electrons. The van der Waals surface area contributed by atoms with Gasteiger partial charge in [-0.1, -0.05) is 36.0 Å². The number of hydrogen-bond acceptors (Lipinski definition) is 6. The Hall–Kier alpha value is -3.13. The molecule has 0 aliphatic carbocycles. The molecule has 1 aromatic heterocycles. The van der Waals surface area contributed by atoms with Crippen molar-refractivity contribution in [1.29, 1.82) is 0 Å². The zero-order valence-corrected chi connectivity index (χ0v) is 15.4. The van der Waals surface area contributed by atoms with Crippen LogP contribution in [-0.4, -0.2) is 32.5 Å². The Kier molecular flexibility index (Phi) is 5.87. The lowest BCUT2D eigenvalue weighted by molar-refractivity contribution is -0.118. The van der Waals surface area contributed by atoms with Crippen LogP contribution in [0, 0.1) is 0 Å². The van der Waals surface area contributed by atoms with Gasteiger partial charge in [0, 0.05) is 12.1 Å². The summed E-state index contributed by atoms with van der Waals surface area (Å²) in [6, 6.07) is 13.8. The predicted molar refractivity (Wildman–Crippen MR) is 106 cm³/mol. The molecule has 0 saturated heterocycles. The number of fused-ring (bicyclic) bond motifs is 1. The van der Waals surface area contributed by atoms with Crippen LogP contribution in [0.15, 0.2) is 63.6 Å². The Balaban J connectivity index is 1.68. The number of carbonyl (C=O) groups is 1. The van der Waals surface area contributed by atoms with Gasteiger partial charge in [-0.05, 0) is 31.2 Å². The molecule has 2 aromatic carbocycles. The zero-order valence-electron chi connectivity index (χ0n) is 14.6. The van der Waals surface area contributed by atoms with Gasteiger partial charge in [0.05, 0.1) is 22.9 Å². The number of para-hydroxylation sites is 2. The Labute approximate surface area is 159 Å². The van der Waals surface area contributed by atoms with Gasteiger partial charge in [-0.15, -0.1) is 0 Å². The van der Waals surface area contributed by atoms with Gasteiger partial charge in [-0.3, -0.25) is 14.2 Å². The third-order valence-electron chi connectivity index (χ3n) is 3.80. The third kappa shape index (κ3) is 4.35. The van der Waals surface area contributed by atoms with E-state index in [1.807, 2.05) is 13.0 Å². The average molecular weight is 382 g/mol. The number of aromatic hydroxyl groups is 1. The van der Waals surface area contributed by atoms with Crippen molar-refractivity contribution in [2.24, 2.45) is 5.10 Å². The Morgan fingerprint density at radius 1 is 1.26 bits per heavy atom. The summed E-state index contributed by atoms with van der Waals surface area (Å²) in [5.41, 5.74) is 3.39. The van der Waals surface area contributed by atoms with Crippen molar-refractivity contribution in [3.8, 4) is 5.75 Å². The van der Waals surface area contributed by atoms with Crippen LogP contribution in [0.4, 0.5) is 0 Å². The highest BCUT2D eigenvalue weighted by molar-refractivity contribution is 7.99. The molecule has 0 bridgehead atoms. The third-order valence-corrected chi connectivity index (χ3v) is 4.78. The van der Waals surface area contributed by atoms with E-state index < -0.39 is 0 Å². The summed E-state index contributed by atoms with van der Waals surface area (Å²) in [7, 11) is 0. The van der Waals surface area contributed by atoms with Crippen LogP contribution in [0.1, 0.15) is 12.5 Å². The smallest absolute Gasteiger partial charge is 0.262 e. The van der Waals surface area contributed by atoms with Crippen LogP contribution in [0.3, 0.4) is 0 Å². The zero-order chi connectivity index (χ0) is 19.2. The van der Waals surface area contributed by atoms with E-state index in [0.29, 0.717) is 28.2 Å². The lowest BCUT2D eigenvalue weighted by Crippen LogP contribution is -2.24. The number of phenols is 1. The maximum Gasteiger partial charge on any atom is 0.262 e. The van der Waals surface area contributed by atoms with Crippen molar-refractivity contribution in [3.63, 3.8) is 0 Å². The molecular formula is C19H18N4O3S. The molecule has 8 heteroatoms. The monoisotopic (exact) mass is 382 g/mol. The minimum Gasteiger partial charge on any atom is -0.507 e. The predicted octanol–water partition coefficient (Wildman–Crippen LogP) is 2.36. The van der Waals surface area contributed by atoms with Gasteiger partial charge in [-0.25, -0.2) is 10.4 Å². The molecule has 138 valence electrons. The Bertz CT molecular complexity index is 1060. The number of hydrogen-bond donors (Lipinski definition) is 2. The highest BCUT2D eigenvalue weighted by Crippen LogP contribution is 2.17. The maximum absolute atomic E-state index is 12.5. The molecule has 1 amide bonds. The molecule has 0 aliphatic heterocycles. The molecule has 2 N–H and O–H groups in total. The highest BCUT2D eigenvalue weighted by Gasteiger charge is 2.11. The summed E-state index contributed by atoms with van der Waals surface area (Å²) in [5, 5.41) is 14.5. The van der Waals surface area contributed by atoms with Crippen LogP contribution >= 0.6 is 11.8 Å². The first-order chi connectivity index (χ1) is 13.1. The largest absolute Gasteiger partial charge is 0.507 e. The molecule has 27 heavy (non-hydrogen) atoms. The molecule has 0 saturated carbocycles. The first-order valence-corrected chi connectivity index (χ1v) is 9.31. The van der Waals surface area contributed by atoms with Gasteiger partial charge >= 0.3 is 0 Å². The van der Waals surface area contributed by atoms with Crippen molar-refractivity contribution < 1.29 is 9.90 Å². The summed E-state index contributed by atoms with van der Waals surface area (Å²) < 4.78 is 1.55. The van der Waals surface area contributed by atoms with Crippen LogP contribution in [0.25, 0.3) is 10.9 Å². The number of hydrazone groups is 1. The van der Waals surface area contributed by atoms with E-state index in [4.69, 9.17) is 0 Å². The van der Waals surface area contributed by atoms with Gasteiger partial charge in [-0.2, -0.15) is 5.10 Å². The van der Waals surface area contributed by atoms with E-state index in [1.54, 1.807) is 41.0 Å². The Morgan fingerprint density at radius 2 is 2.00 bits per heavy atom. The lowest BCUT2D eigenvalue weighted by atomic mass is 10.2. The fourth-order valence-electron chi connectivity index (χ4n) is 2.47. The molecular weight excluding hydrogens is 364 g/mol. The second kappa shape index (κ2) is 8.50. The van der Waals surface area contributed by atoms with Crippen molar-refractivity contribution in [2.45, 2.75) is 18.6 Å². The average Bonchev–Trinajstić information content (AvgIpc) is 2.68. The quantitative estimate of drug-likeness (QED) is 0.295. The summed E-state index contributed by atoms with van der Waals surface area (Å²) in [6.45, 7) is 2.32. The Morgan fingerprint density at radius 3 is 2.78 bits per heavy atom. The van der Waals surface area contributed by atoms with Crippen molar-refractivity contribution in [3.05, 3.63) is 64.4 Å². The lowest BCUT2D eigenvalue weighted by Gasteiger charge is -2.10. The van der Waals surface area contributed by atoms with E-state index in [2.05, 4.69) is 15.5 Å². The molecule has 0 unspecified atom stereocenters. The fraction of sp³-hybridized carbons (Fsp3) is 0.158. The summed E-state index contributed by atoms with van der Waals surface area (Å²) in [6.07, 6.45) is 1.37. The van der Waals surface area contributed by atoms with E-state index in [-0.39, 0.29) is 23.0 Å². The summed E-state index contributed by atoms with van der Waals surface area (Å²) >= 11 is 1.17. The van der Waals surface area contributed by atoms with Crippen LogP contribution in [0.5, 0.6) is 5.75 Å². The maximum atomic E-state index is 12.5. The minimum absolute atomic E-state index is 0.0584. The number of nitrogens with one attached hydrogen (secondary N) is 1. The number of amides is 1. The van der Waals surface area contributed by atoms with E-state index in [1.165, 1.54) is 24.0 Å². The summed E-state index contributed by atoms with van der Waals surface area (Å²) in [5.74, 6) is -0.197. The molecule has 0 aliphatic rings. The fourth-order valence-corrected chi connectivity index (χ4v) is 3.33. The summed E-state index contributed by atoms with van der Waals surface area (Å²) in [4.78, 5) is 29.1. The van der Waals surface area contributed by atoms with Gasteiger partial charge in [0.2, 0.25) is 0 Å². The topological polar surface area (TPSA) is 96.6 Å². The van der Waals surface area contributed by atoms with Crippen LogP contribution < -0.4 is 11.0 Å². The van der Waals surface area contributed by atoms with Crippen molar-refractivity contribution >= 4 is 34.8 Å². The molecule has 3 aromatic rings. The molecule has 0 spiro atoms. The van der Waals surface area contributed by atoms with Gasteiger partial charge < -0.3 is 5.11 Å². The molecule has 1 heterocycles. The first kappa shape index (κ1) is 18.7. The molecule has 7 nitrogen and oxygen atoms in total. The number of nitrogens with zero attached hydrogens (tertiary/aromatic N) is 3. The second-order valence-corrected chi connectivity index (χ2v) is 6.54. The van der Waals surface area contributed by atoms with Crippen molar-refractivity contribution in [2.75, 3.05) is 5.75 Å². The number of phenolic OH excluding ortho intramolecular Hbond substituents is 1. The number of thioether (sulfide) groups is 1. The molecule has 3 rings (SSSR count). The highest BCUT2D eigenvalue weighted by atomic mass is 32.2. The second-order valence-electron chi connectivity index (χ2n) is 5.60. The minimum atomic E-state index is -0.336. The number of benzene rings is 2. The van der Waals surface area contributed by atoms with Gasteiger partial charge in [0.1, 0.15) is 5.75 Å². The number of aromatic nitrogens is 2. The van der Waals surface area contributed by atoms with E-state index >= 15 is 0 Å². The standard InChI is InChI=1S/C19H18N4O3S/c1-2-23-18(26)14-8-4-5-9-15(14)21-19(23)27-12-17(25)22-20-11-13-7-3-6-10-16(13)24/h3-11,24H,2,12H2,1H3,(H,22,25)/b20-11+. The normalized spacial score (nSPS) is 11.1. The van der Waals surface area contributed by atoms with Crippen LogP contribution in [0.2, 0.25) is 0 Å². The number of carbonyl (C=O) groups excluding carboxylic acids is 1. The van der Waals surface area contributed by atoms with E-state index in [0.717, 1.165) is 0 Å². The van der Waals surface area contributed by atoms with Crippen molar-refractivity contribution in [1.82, 2.24) is 15.0 Å².